The smallest absolute Gasteiger partial charge is 0.0678 e. The summed E-state index contributed by atoms with van der Waals surface area (Å²) in [5.74, 6) is 0.649. The third-order valence-electron chi connectivity index (χ3n) is 5.82. The summed E-state index contributed by atoms with van der Waals surface area (Å²) in [6.07, 6.45) is 1.83. The van der Waals surface area contributed by atoms with E-state index in [9.17, 15) is 0 Å². The summed E-state index contributed by atoms with van der Waals surface area (Å²) >= 11 is 0. The molecule has 1 aliphatic rings. The minimum atomic E-state index is 0.0332. The van der Waals surface area contributed by atoms with Crippen molar-refractivity contribution in [3.8, 4) is 0 Å². The molecule has 0 saturated carbocycles. The molecule has 1 saturated heterocycles. The average Bonchev–Trinajstić information content (AvgIpc) is 2.62. The van der Waals surface area contributed by atoms with Crippen molar-refractivity contribution in [2.45, 2.75) is 58.7 Å². The van der Waals surface area contributed by atoms with Crippen LogP contribution in [0.5, 0.6) is 0 Å². The highest BCUT2D eigenvalue weighted by atomic mass is 16.5. The number of benzene rings is 2. The van der Waals surface area contributed by atoms with Crippen LogP contribution in [0, 0.1) is 5.92 Å². The highest BCUT2D eigenvalue weighted by Crippen LogP contribution is 2.31. The maximum absolute atomic E-state index is 5.86. The van der Waals surface area contributed by atoms with Gasteiger partial charge in [-0.1, -0.05) is 75.4 Å². The molecule has 0 amide bonds. The summed E-state index contributed by atoms with van der Waals surface area (Å²) in [5, 5.41) is 0. The van der Waals surface area contributed by atoms with Crippen LogP contribution in [0.15, 0.2) is 54.6 Å². The molecule has 146 valence electrons. The Balaban J connectivity index is 1.60. The molecular formula is C25H35NO. The Morgan fingerprint density at radius 1 is 0.926 bits per heavy atom. The average molecular weight is 366 g/mol. The first-order chi connectivity index (χ1) is 12.8. The Bertz CT molecular complexity index is 697. The molecule has 2 aromatic rings. The van der Waals surface area contributed by atoms with Crippen LogP contribution >= 0.6 is 0 Å². The summed E-state index contributed by atoms with van der Waals surface area (Å²) in [6.45, 7) is 14.6. The van der Waals surface area contributed by atoms with Crippen LogP contribution in [-0.4, -0.2) is 36.7 Å². The van der Waals surface area contributed by atoms with E-state index in [4.69, 9.17) is 4.74 Å². The number of ether oxygens (including phenoxy) is 1. The second-order valence-corrected chi connectivity index (χ2v) is 8.97. The first-order valence-electron chi connectivity index (χ1n) is 10.4. The van der Waals surface area contributed by atoms with Gasteiger partial charge in [-0.2, -0.15) is 0 Å². The second kappa shape index (κ2) is 8.58. The van der Waals surface area contributed by atoms with Gasteiger partial charge < -0.3 is 4.74 Å². The molecule has 2 heteroatoms. The third kappa shape index (κ3) is 5.21. The van der Waals surface area contributed by atoms with Gasteiger partial charge in [0.15, 0.2) is 0 Å². The predicted octanol–water partition coefficient (Wildman–Crippen LogP) is 5.30. The van der Waals surface area contributed by atoms with E-state index in [0.29, 0.717) is 18.1 Å². The molecule has 1 aliphatic heterocycles. The predicted molar refractivity (Wildman–Crippen MR) is 114 cm³/mol. The van der Waals surface area contributed by atoms with Crippen molar-refractivity contribution < 1.29 is 4.74 Å². The van der Waals surface area contributed by atoms with Gasteiger partial charge in [-0.05, 0) is 42.9 Å². The molecule has 27 heavy (non-hydrogen) atoms. The van der Waals surface area contributed by atoms with Crippen molar-refractivity contribution in [2.24, 2.45) is 5.92 Å². The van der Waals surface area contributed by atoms with E-state index in [-0.39, 0.29) is 5.41 Å². The molecule has 0 N–H and O–H groups in total. The molecule has 2 aromatic carbocycles. The number of rotatable bonds is 6. The number of nitrogens with zero attached hydrogens (tertiary/aromatic N) is 1. The lowest BCUT2D eigenvalue weighted by molar-refractivity contribution is -0.0708. The molecule has 3 unspecified atom stereocenters. The molecule has 0 aliphatic carbocycles. The van der Waals surface area contributed by atoms with Crippen LogP contribution in [0.4, 0.5) is 0 Å². The van der Waals surface area contributed by atoms with Crippen molar-refractivity contribution >= 4 is 0 Å². The van der Waals surface area contributed by atoms with E-state index in [1.807, 2.05) is 0 Å². The SMILES string of the molecule is CC(Cc1ccc(C(C)(C)c2ccccc2)cc1)CN1CC(C)OC(C)C1. The van der Waals surface area contributed by atoms with Gasteiger partial charge in [0, 0.05) is 25.0 Å². The molecule has 0 bridgehead atoms. The Morgan fingerprint density at radius 2 is 1.48 bits per heavy atom. The molecule has 1 fully saturated rings. The van der Waals surface area contributed by atoms with Gasteiger partial charge in [-0.25, -0.2) is 0 Å². The number of morpholine rings is 1. The maximum Gasteiger partial charge on any atom is 0.0678 e. The number of hydrogen-bond donors (Lipinski definition) is 0. The van der Waals surface area contributed by atoms with E-state index in [1.165, 1.54) is 16.7 Å². The van der Waals surface area contributed by atoms with Crippen LogP contribution in [-0.2, 0) is 16.6 Å². The first kappa shape index (κ1) is 20.1. The van der Waals surface area contributed by atoms with E-state index in [2.05, 4.69) is 94.1 Å². The molecular weight excluding hydrogens is 330 g/mol. The van der Waals surface area contributed by atoms with Gasteiger partial charge in [-0.3, -0.25) is 4.90 Å². The second-order valence-electron chi connectivity index (χ2n) is 8.97. The lowest BCUT2D eigenvalue weighted by Gasteiger charge is -2.36. The minimum Gasteiger partial charge on any atom is -0.373 e. The van der Waals surface area contributed by atoms with Gasteiger partial charge >= 0.3 is 0 Å². The van der Waals surface area contributed by atoms with Gasteiger partial charge in [0.2, 0.25) is 0 Å². The molecule has 3 atom stereocenters. The summed E-state index contributed by atoms with van der Waals surface area (Å²) in [7, 11) is 0. The largest absolute Gasteiger partial charge is 0.373 e. The topological polar surface area (TPSA) is 12.5 Å². The zero-order valence-corrected chi connectivity index (χ0v) is 17.6. The minimum absolute atomic E-state index is 0.0332. The molecule has 0 aromatic heterocycles. The Morgan fingerprint density at radius 3 is 2.07 bits per heavy atom. The lowest BCUT2D eigenvalue weighted by Crippen LogP contribution is -2.47. The molecule has 2 nitrogen and oxygen atoms in total. The van der Waals surface area contributed by atoms with Crippen molar-refractivity contribution in [3.63, 3.8) is 0 Å². The quantitative estimate of drug-likeness (QED) is 0.689. The van der Waals surface area contributed by atoms with Gasteiger partial charge in [0.1, 0.15) is 0 Å². The van der Waals surface area contributed by atoms with E-state index >= 15 is 0 Å². The fourth-order valence-electron chi connectivity index (χ4n) is 4.42. The first-order valence-corrected chi connectivity index (χ1v) is 10.4. The summed E-state index contributed by atoms with van der Waals surface area (Å²) < 4.78 is 5.86. The van der Waals surface area contributed by atoms with Gasteiger partial charge in [0.05, 0.1) is 12.2 Å². The zero-order valence-electron chi connectivity index (χ0n) is 17.6. The van der Waals surface area contributed by atoms with E-state index in [1.54, 1.807) is 0 Å². The van der Waals surface area contributed by atoms with Crippen molar-refractivity contribution in [2.75, 3.05) is 19.6 Å². The number of hydrogen-bond acceptors (Lipinski definition) is 2. The van der Waals surface area contributed by atoms with Crippen LogP contribution < -0.4 is 0 Å². The van der Waals surface area contributed by atoms with Crippen molar-refractivity contribution in [1.82, 2.24) is 4.90 Å². The highest BCUT2D eigenvalue weighted by Gasteiger charge is 2.24. The van der Waals surface area contributed by atoms with Gasteiger partial charge in [-0.15, -0.1) is 0 Å². The van der Waals surface area contributed by atoms with E-state index in [0.717, 1.165) is 26.1 Å². The summed E-state index contributed by atoms with van der Waals surface area (Å²) in [4.78, 5) is 2.57. The van der Waals surface area contributed by atoms with Crippen molar-refractivity contribution in [1.29, 1.82) is 0 Å². The maximum atomic E-state index is 5.86. The Hall–Kier alpha value is -1.64. The molecule has 3 rings (SSSR count). The fraction of sp³-hybridized carbons (Fsp3) is 0.520. The highest BCUT2D eigenvalue weighted by molar-refractivity contribution is 5.38. The Kier molecular flexibility index (Phi) is 6.39. The fourth-order valence-corrected chi connectivity index (χ4v) is 4.42. The van der Waals surface area contributed by atoms with Crippen LogP contribution in [0.1, 0.15) is 51.3 Å². The van der Waals surface area contributed by atoms with Crippen LogP contribution in [0.2, 0.25) is 0 Å². The molecule has 0 spiro atoms. The zero-order chi connectivity index (χ0) is 19.4. The monoisotopic (exact) mass is 365 g/mol. The lowest BCUT2D eigenvalue weighted by atomic mass is 9.78. The Labute approximate surface area is 165 Å². The molecule has 1 heterocycles. The van der Waals surface area contributed by atoms with Crippen LogP contribution in [0.25, 0.3) is 0 Å². The van der Waals surface area contributed by atoms with Crippen molar-refractivity contribution in [3.05, 3.63) is 71.3 Å². The normalized spacial score (nSPS) is 22.6. The summed E-state index contributed by atoms with van der Waals surface area (Å²) in [5.41, 5.74) is 4.21. The summed E-state index contributed by atoms with van der Waals surface area (Å²) in [6, 6.07) is 20.0. The third-order valence-corrected chi connectivity index (χ3v) is 5.82. The standard InChI is InChI=1S/C25H35NO/c1-19(16-26-17-20(2)27-21(3)18-26)15-22-11-13-24(14-12-22)25(4,5)23-9-7-6-8-10-23/h6-14,19-21H,15-18H2,1-5H3. The van der Waals surface area contributed by atoms with Gasteiger partial charge in [0.25, 0.3) is 0 Å². The molecule has 0 radical (unpaired) electrons. The van der Waals surface area contributed by atoms with Crippen LogP contribution in [0.3, 0.4) is 0 Å². The van der Waals surface area contributed by atoms with E-state index < -0.39 is 0 Å².